The van der Waals surface area contributed by atoms with Crippen LogP contribution in [0.4, 0.5) is 5.82 Å². The number of hydrogen-bond acceptors (Lipinski definition) is 4. The number of rotatable bonds is 3. The molecule has 17 heavy (non-hydrogen) atoms. The van der Waals surface area contributed by atoms with Gasteiger partial charge in [-0.15, -0.1) is 11.3 Å². The van der Waals surface area contributed by atoms with Crippen molar-refractivity contribution in [3.05, 3.63) is 41.7 Å². The molecule has 0 saturated carbocycles. The molecule has 0 spiro atoms. The van der Waals surface area contributed by atoms with Crippen molar-refractivity contribution in [2.45, 2.75) is 6.54 Å². The molecule has 3 heterocycles. The van der Waals surface area contributed by atoms with Gasteiger partial charge < -0.3 is 5.32 Å². The average Bonchev–Trinajstić information content (AvgIpc) is 2.94. The highest BCUT2D eigenvalue weighted by Crippen LogP contribution is 2.25. The summed E-state index contributed by atoms with van der Waals surface area (Å²) in [7, 11) is 1.92. The smallest absolute Gasteiger partial charge is 0.134 e. The average molecular weight is 244 g/mol. The molecule has 3 aromatic rings. The zero-order valence-corrected chi connectivity index (χ0v) is 10.2. The van der Waals surface area contributed by atoms with Crippen molar-refractivity contribution in [1.82, 2.24) is 14.8 Å². The number of pyridine rings is 1. The van der Waals surface area contributed by atoms with E-state index in [0.29, 0.717) is 6.54 Å². The van der Waals surface area contributed by atoms with Crippen LogP contribution in [0.3, 0.4) is 0 Å². The van der Waals surface area contributed by atoms with Crippen molar-refractivity contribution in [2.24, 2.45) is 7.05 Å². The summed E-state index contributed by atoms with van der Waals surface area (Å²) in [5.41, 5.74) is 1.02. The first-order valence-corrected chi connectivity index (χ1v) is 6.25. The first-order chi connectivity index (χ1) is 8.33. The monoisotopic (exact) mass is 244 g/mol. The number of nitrogens with zero attached hydrogens (tertiary/aromatic N) is 3. The number of aromatic nitrogens is 3. The number of aryl methyl sites for hydroxylation is 1. The van der Waals surface area contributed by atoms with Crippen LogP contribution in [0.5, 0.6) is 0 Å². The maximum atomic E-state index is 4.36. The van der Waals surface area contributed by atoms with Crippen LogP contribution in [0, 0.1) is 0 Å². The van der Waals surface area contributed by atoms with Gasteiger partial charge in [0.2, 0.25) is 0 Å². The van der Waals surface area contributed by atoms with Crippen LogP contribution in [-0.2, 0) is 13.6 Å². The molecule has 0 atom stereocenters. The second-order valence-electron chi connectivity index (χ2n) is 3.83. The molecule has 0 bridgehead atoms. The fourth-order valence-electron chi connectivity index (χ4n) is 1.77. The van der Waals surface area contributed by atoms with Gasteiger partial charge in [-0.1, -0.05) is 0 Å². The van der Waals surface area contributed by atoms with Gasteiger partial charge in [0, 0.05) is 29.5 Å². The summed E-state index contributed by atoms with van der Waals surface area (Å²) in [5.74, 6) is 0.925. The van der Waals surface area contributed by atoms with E-state index in [0.717, 1.165) is 11.5 Å². The number of thiophene rings is 1. The first kappa shape index (κ1) is 10.3. The number of hydrogen-bond donors (Lipinski definition) is 1. The lowest BCUT2D eigenvalue weighted by molar-refractivity contribution is 0.747. The Balaban J connectivity index is 1.83. The number of nitrogens with one attached hydrogen (secondary N) is 1. The van der Waals surface area contributed by atoms with Crippen LogP contribution in [0.25, 0.3) is 10.1 Å². The van der Waals surface area contributed by atoms with Crippen molar-refractivity contribution in [3.8, 4) is 0 Å². The van der Waals surface area contributed by atoms with Crippen molar-refractivity contribution >= 4 is 27.2 Å². The van der Waals surface area contributed by atoms with Gasteiger partial charge >= 0.3 is 0 Å². The van der Waals surface area contributed by atoms with Gasteiger partial charge in [-0.05, 0) is 23.6 Å². The minimum Gasteiger partial charge on any atom is -0.364 e. The lowest BCUT2D eigenvalue weighted by Crippen LogP contribution is -2.02. The summed E-state index contributed by atoms with van der Waals surface area (Å²) in [6.07, 6.45) is 3.77. The molecule has 3 aromatic heterocycles. The van der Waals surface area contributed by atoms with E-state index in [9.17, 15) is 0 Å². The van der Waals surface area contributed by atoms with Gasteiger partial charge in [0.05, 0.1) is 12.2 Å². The Bertz CT molecular complexity index is 641. The minimum absolute atomic E-state index is 0.697. The van der Waals surface area contributed by atoms with Gasteiger partial charge in [0.15, 0.2) is 0 Å². The molecule has 0 fully saturated rings. The molecule has 5 heteroatoms. The van der Waals surface area contributed by atoms with E-state index in [1.54, 1.807) is 16.0 Å². The second kappa shape index (κ2) is 4.18. The van der Waals surface area contributed by atoms with Gasteiger partial charge in [-0.25, -0.2) is 4.98 Å². The van der Waals surface area contributed by atoms with E-state index in [-0.39, 0.29) is 0 Å². The molecule has 0 amide bonds. The molecular weight excluding hydrogens is 232 g/mol. The third kappa shape index (κ3) is 2.01. The Kier molecular flexibility index (Phi) is 2.53. The lowest BCUT2D eigenvalue weighted by atomic mass is 10.3. The maximum Gasteiger partial charge on any atom is 0.134 e. The van der Waals surface area contributed by atoms with Crippen LogP contribution in [0.2, 0.25) is 0 Å². The van der Waals surface area contributed by atoms with Crippen LogP contribution >= 0.6 is 11.3 Å². The van der Waals surface area contributed by atoms with E-state index < -0.39 is 0 Å². The van der Waals surface area contributed by atoms with Crippen molar-refractivity contribution in [1.29, 1.82) is 0 Å². The van der Waals surface area contributed by atoms with Crippen LogP contribution in [-0.4, -0.2) is 14.8 Å². The fraction of sp³-hybridized carbons (Fsp3) is 0.167. The highest BCUT2D eigenvalue weighted by molar-refractivity contribution is 7.17. The Morgan fingerprint density at radius 1 is 1.35 bits per heavy atom. The molecule has 0 aromatic carbocycles. The van der Waals surface area contributed by atoms with Crippen LogP contribution in [0.1, 0.15) is 5.69 Å². The van der Waals surface area contributed by atoms with Gasteiger partial charge in [-0.2, -0.15) is 5.10 Å². The van der Waals surface area contributed by atoms with E-state index in [4.69, 9.17) is 0 Å². The standard InChI is InChI=1S/C12H12N4S/c1-16-6-3-9(15-16)8-14-12-10-4-7-17-11(10)2-5-13-12/h2-7H,8H2,1H3,(H,13,14). The molecule has 0 aliphatic heterocycles. The summed E-state index contributed by atoms with van der Waals surface area (Å²) < 4.78 is 3.05. The molecule has 0 aliphatic rings. The largest absolute Gasteiger partial charge is 0.364 e. The normalized spacial score (nSPS) is 10.9. The van der Waals surface area contributed by atoms with Crippen molar-refractivity contribution < 1.29 is 0 Å². The number of fused-ring (bicyclic) bond motifs is 1. The minimum atomic E-state index is 0.697. The third-order valence-corrected chi connectivity index (χ3v) is 3.47. The molecule has 0 radical (unpaired) electrons. The van der Waals surface area contributed by atoms with Gasteiger partial charge in [0.25, 0.3) is 0 Å². The predicted octanol–water partition coefficient (Wildman–Crippen LogP) is 2.64. The topological polar surface area (TPSA) is 42.7 Å². The zero-order valence-electron chi connectivity index (χ0n) is 9.42. The van der Waals surface area contributed by atoms with Crippen LogP contribution < -0.4 is 5.32 Å². The Morgan fingerprint density at radius 3 is 3.12 bits per heavy atom. The Morgan fingerprint density at radius 2 is 2.29 bits per heavy atom. The SMILES string of the molecule is Cn1ccc(CNc2nccc3sccc23)n1. The highest BCUT2D eigenvalue weighted by atomic mass is 32.1. The molecule has 1 N–H and O–H groups in total. The lowest BCUT2D eigenvalue weighted by Gasteiger charge is -2.04. The molecule has 0 unspecified atom stereocenters. The summed E-state index contributed by atoms with van der Waals surface area (Å²) >= 11 is 1.73. The van der Waals surface area contributed by atoms with E-state index in [1.165, 1.54) is 10.1 Å². The summed E-state index contributed by atoms with van der Waals surface area (Å²) in [6.45, 7) is 0.697. The quantitative estimate of drug-likeness (QED) is 0.770. The molecule has 0 saturated heterocycles. The Labute approximate surface area is 103 Å². The first-order valence-electron chi connectivity index (χ1n) is 5.37. The van der Waals surface area contributed by atoms with Gasteiger partial charge in [0.1, 0.15) is 5.82 Å². The van der Waals surface area contributed by atoms with E-state index in [1.807, 2.05) is 31.6 Å². The zero-order chi connectivity index (χ0) is 11.7. The summed E-state index contributed by atoms with van der Waals surface area (Å²) in [4.78, 5) is 4.36. The van der Waals surface area contributed by atoms with Gasteiger partial charge in [-0.3, -0.25) is 4.68 Å². The molecular formula is C12H12N4S. The summed E-state index contributed by atoms with van der Waals surface area (Å²) in [6, 6.07) is 6.13. The predicted molar refractivity (Wildman–Crippen MR) is 70.2 cm³/mol. The van der Waals surface area contributed by atoms with Crippen LogP contribution in [0.15, 0.2) is 36.0 Å². The second-order valence-corrected chi connectivity index (χ2v) is 4.77. The van der Waals surface area contributed by atoms with E-state index in [2.05, 4.69) is 26.8 Å². The Hall–Kier alpha value is -1.88. The number of anilines is 1. The highest BCUT2D eigenvalue weighted by Gasteiger charge is 2.03. The van der Waals surface area contributed by atoms with E-state index >= 15 is 0 Å². The van der Waals surface area contributed by atoms with Crippen molar-refractivity contribution in [3.63, 3.8) is 0 Å². The third-order valence-electron chi connectivity index (χ3n) is 2.59. The molecule has 4 nitrogen and oxygen atoms in total. The molecule has 86 valence electrons. The maximum absolute atomic E-state index is 4.36. The molecule has 3 rings (SSSR count). The summed E-state index contributed by atoms with van der Waals surface area (Å²) in [5, 5.41) is 10.9. The molecule has 0 aliphatic carbocycles. The fourth-order valence-corrected chi connectivity index (χ4v) is 2.55. The van der Waals surface area contributed by atoms with Crippen molar-refractivity contribution in [2.75, 3.05) is 5.32 Å².